The molecular weight excluding hydrogens is 344 g/mol. The first-order chi connectivity index (χ1) is 11.8. The van der Waals surface area contributed by atoms with Crippen LogP contribution in [0.3, 0.4) is 0 Å². The van der Waals surface area contributed by atoms with Crippen LogP contribution in [0.5, 0.6) is 0 Å². The Morgan fingerprint density at radius 3 is 2.72 bits per heavy atom. The van der Waals surface area contributed by atoms with Gasteiger partial charge in [0.15, 0.2) is 0 Å². The molecule has 1 aromatic carbocycles. The van der Waals surface area contributed by atoms with Crippen molar-refractivity contribution in [3.05, 3.63) is 28.8 Å². The molecule has 1 heterocycles. The molecule has 7 heteroatoms. The predicted molar refractivity (Wildman–Crippen MR) is 96.7 cm³/mol. The number of aliphatic hydroxyl groups is 2. The van der Waals surface area contributed by atoms with Crippen LogP contribution < -0.4 is 5.32 Å². The van der Waals surface area contributed by atoms with E-state index in [2.05, 4.69) is 5.32 Å². The second-order valence-corrected chi connectivity index (χ2v) is 7.08. The Balaban J connectivity index is 2.21. The second kappa shape index (κ2) is 8.17. The van der Waals surface area contributed by atoms with Gasteiger partial charge < -0.3 is 20.4 Å². The Labute approximate surface area is 152 Å². The summed E-state index contributed by atoms with van der Waals surface area (Å²) in [6.45, 7) is 3.92. The monoisotopic (exact) mass is 368 g/mol. The number of carbonyl (C=O) groups excluding carboxylic acids is 2. The van der Waals surface area contributed by atoms with Crippen LogP contribution in [0.2, 0.25) is 5.02 Å². The lowest BCUT2D eigenvalue weighted by atomic mass is 9.74. The van der Waals surface area contributed by atoms with E-state index >= 15 is 0 Å². The maximum atomic E-state index is 12.9. The first-order valence-corrected chi connectivity index (χ1v) is 8.86. The molecule has 1 aromatic rings. The Morgan fingerprint density at radius 1 is 1.44 bits per heavy atom. The summed E-state index contributed by atoms with van der Waals surface area (Å²) in [4.78, 5) is 25.6. The van der Waals surface area contributed by atoms with Crippen molar-refractivity contribution in [2.75, 3.05) is 25.0 Å². The van der Waals surface area contributed by atoms with E-state index in [1.54, 1.807) is 23.1 Å². The highest BCUT2D eigenvalue weighted by atomic mass is 35.5. The molecule has 0 aliphatic carbocycles. The Hall–Kier alpha value is -1.63. The number of hydrogen-bond donors (Lipinski definition) is 3. The zero-order chi connectivity index (χ0) is 18.6. The summed E-state index contributed by atoms with van der Waals surface area (Å²) in [6.07, 6.45) is 1.25. The molecular formula is C18H25ClN2O4. The third-order valence-electron chi connectivity index (χ3n) is 4.75. The van der Waals surface area contributed by atoms with Gasteiger partial charge >= 0.3 is 0 Å². The zero-order valence-corrected chi connectivity index (χ0v) is 15.3. The lowest BCUT2D eigenvalue weighted by Crippen LogP contribution is -2.55. The topological polar surface area (TPSA) is 89.9 Å². The highest BCUT2D eigenvalue weighted by Gasteiger charge is 2.43. The van der Waals surface area contributed by atoms with E-state index in [1.807, 2.05) is 6.92 Å². The van der Waals surface area contributed by atoms with Crippen LogP contribution in [-0.2, 0) is 4.79 Å². The van der Waals surface area contributed by atoms with Crippen LogP contribution in [-0.4, -0.2) is 52.7 Å². The molecule has 0 radical (unpaired) electrons. The number of amides is 2. The van der Waals surface area contributed by atoms with Crippen molar-refractivity contribution in [2.45, 2.75) is 39.2 Å². The second-order valence-electron chi connectivity index (χ2n) is 6.68. The molecule has 6 nitrogen and oxygen atoms in total. The molecule has 2 amide bonds. The Bertz CT molecular complexity index is 652. The molecule has 0 bridgehead atoms. The lowest BCUT2D eigenvalue weighted by molar-refractivity contribution is -0.114. The SMILES string of the molecule is CCC[C@]1(CO)CN(C(=O)c2ccc(NC(C)=O)cc2Cl)CC[C@@H]1O. The van der Waals surface area contributed by atoms with Gasteiger partial charge in [0.1, 0.15) is 0 Å². The quantitative estimate of drug-likeness (QED) is 0.743. The van der Waals surface area contributed by atoms with Crippen molar-refractivity contribution in [3.8, 4) is 0 Å². The van der Waals surface area contributed by atoms with Crippen molar-refractivity contribution in [2.24, 2.45) is 5.41 Å². The summed E-state index contributed by atoms with van der Waals surface area (Å²) < 4.78 is 0. The van der Waals surface area contributed by atoms with Crippen molar-refractivity contribution in [3.63, 3.8) is 0 Å². The number of rotatable bonds is 5. The van der Waals surface area contributed by atoms with Gasteiger partial charge in [-0.05, 0) is 31.0 Å². The summed E-state index contributed by atoms with van der Waals surface area (Å²) in [7, 11) is 0. The molecule has 0 aromatic heterocycles. The van der Waals surface area contributed by atoms with Crippen LogP contribution in [0.25, 0.3) is 0 Å². The maximum absolute atomic E-state index is 12.9. The van der Waals surface area contributed by atoms with Crippen LogP contribution >= 0.6 is 11.6 Å². The van der Waals surface area contributed by atoms with Crippen molar-refractivity contribution < 1.29 is 19.8 Å². The third-order valence-corrected chi connectivity index (χ3v) is 5.07. The normalized spacial score (nSPS) is 23.4. The van der Waals surface area contributed by atoms with Gasteiger partial charge in [0, 0.05) is 31.1 Å². The standard InChI is InChI=1S/C18H25ClN2O4/c1-3-7-18(11-22)10-21(8-6-16(18)24)17(25)14-5-4-13(9-15(14)19)20-12(2)23/h4-5,9,16,22,24H,3,6-8,10-11H2,1-2H3,(H,20,23)/t16-,18+/m0/s1. The van der Waals surface area contributed by atoms with Gasteiger partial charge in [-0.1, -0.05) is 24.9 Å². The number of piperidine rings is 1. The summed E-state index contributed by atoms with van der Waals surface area (Å²) in [5.41, 5.74) is 0.180. The van der Waals surface area contributed by atoms with Gasteiger partial charge in [0.05, 0.1) is 23.3 Å². The predicted octanol–water partition coefficient (Wildman–Crippen LogP) is 2.28. The molecule has 2 rings (SSSR count). The fourth-order valence-electron chi connectivity index (χ4n) is 3.44. The molecule has 138 valence electrons. The molecule has 0 saturated carbocycles. The summed E-state index contributed by atoms with van der Waals surface area (Å²) in [5, 5.41) is 23.0. The minimum atomic E-state index is -0.689. The van der Waals surface area contributed by atoms with Crippen molar-refractivity contribution in [1.29, 1.82) is 0 Å². The van der Waals surface area contributed by atoms with Crippen LogP contribution in [0.1, 0.15) is 43.5 Å². The number of anilines is 1. The minimum absolute atomic E-state index is 0.166. The van der Waals surface area contributed by atoms with E-state index in [4.69, 9.17) is 11.6 Å². The molecule has 1 aliphatic rings. The Kier molecular flexibility index (Phi) is 6.43. The highest BCUT2D eigenvalue weighted by Crippen LogP contribution is 2.35. The number of benzene rings is 1. The molecule has 25 heavy (non-hydrogen) atoms. The first-order valence-electron chi connectivity index (χ1n) is 8.48. The van der Waals surface area contributed by atoms with E-state index in [0.717, 1.165) is 6.42 Å². The van der Waals surface area contributed by atoms with E-state index in [1.165, 1.54) is 6.92 Å². The van der Waals surface area contributed by atoms with Crippen molar-refractivity contribution in [1.82, 2.24) is 4.90 Å². The molecule has 1 aliphatic heterocycles. The van der Waals surface area contributed by atoms with Gasteiger partial charge in [-0.15, -0.1) is 0 Å². The number of likely N-dealkylation sites (tertiary alicyclic amines) is 1. The van der Waals surface area contributed by atoms with Gasteiger partial charge in [0.25, 0.3) is 5.91 Å². The molecule has 2 atom stereocenters. The Morgan fingerprint density at radius 2 is 2.16 bits per heavy atom. The van der Waals surface area contributed by atoms with Crippen LogP contribution in [0, 0.1) is 5.41 Å². The maximum Gasteiger partial charge on any atom is 0.255 e. The molecule has 0 unspecified atom stereocenters. The average Bonchev–Trinajstić information content (AvgIpc) is 2.56. The third kappa shape index (κ3) is 4.32. The van der Waals surface area contributed by atoms with E-state index in [9.17, 15) is 19.8 Å². The summed E-state index contributed by atoms with van der Waals surface area (Å²) in [6, 6.07) is 4.76. The van der Waals surface area contributed by atoms with Gasteiger partial charge in [0.2, 0.25) is 5.91 Å². The molecule has 3 N–H and O–H groups in total. The minimum Gasteiger partial charge on any atom is -0.396 e. The first kappa shape index (κ1) is 19.7. The van der Waals surface area contributed by atoms with Crippen LogP contribution in [0.15, 0.2) is 18.2 Å². The summed E-state index contributed by atoms with van der Waals surface area (Å²) in [5.74, 6) is -0.451. The zero-order valence-electron chi connectivity index (χ0n) is 14.6. The smallest absolute Gasteiger partial charge is 0.255 e. The fourth-order valence-corrected chi connectivity index (χ4v) is 3.70. The number of hydrogen-bond acceptors (Lipinski definition) is 4. The van der Waals surface area contributed by atoms with Gasteiger partial charge in [-0.25, -0.2) is 0 Å². The summed E-state index contributed by atoms with van der Waals surface area (Å²) >= 11 is 6.22. The van der Waals surface area contributed by atoms with Gasteiger partial charge in [-0.3, -0.25) is 9.59 Å². The average molecular weight is 369 g/mol. The van der Waals surface area contributed by atoms with E-state index < -0.39 is 11.5 Å². The number of nitrogens with one attached hydrogen (secondary N) is 1. The van der Waals surface area contributed by atoms with E-state index in [0.29, 0.717) is 37.2 Å². The highest BCUT2D eigenvalue weighted by molar-refractivity contribution is 6.34. The molecule has 1 saturated heterocycles. The fraction of sp³-hybridized carbons (Fsp3) is 0.556. The molecule has 1 fully saturated rings. The van der Waals surface area contributed by atoms with Crippen molar-refractivity contribution >= 4 is 29.1 Å². The number of carbonyl (C=O) groups is 2. The van der Waals surface area contributed by atoms with E-state index in [-0.39, 0.29) is 23.4 Å². The van der Waals surface area contributed by atoms with Gasteiger partial charge in [-0.2, -0.15) is 0 Å². The lowest BCUT2D eigenvalue weighted by Gasteiger charge is -2.45. The number of aliphatic hydroxyl groups excluding tert-OH is 2. The van der Waals surface area contributed by atoms with Crippen LogP contribution in [0.4, 0.5) is 5.69 Å². The number of nitrogens with zero attached hydrogens (tertiary/aromatic N) is 1. The number of halogens is 1. The molecule has 0 spiro atoms. The largest absolute Gasteiger partial charge is 0.396 e.